The van der Waals surface area contributed by atoms with Crippen LogP contribution in [0.4, 0.5) is 0 Å². The maximum Gasteiger partial charge on any atom is 0.0995 e. The molecule has 1 nitrogen and oxygen atoms in total. The van der Waals surface area contributed by atoms with Crippen LogP contribution in [0.5, 0.6) is 0 Å². The van der Waals surface area contributed by atoms with Crippen molar-refractivity contribution in [3.8, 4) is 0 Å². The third kappa shape index (κ3) is 2.68. The predicted octanol–water partition coefficient (Wildman–Crippen LogP) is 5.37. The Bertz CT molecular complexity index is 592. The molecule has 0 aliphatic heterocycles. The zero-order chi connectivity index (χ0) is 13.4. The van der Waals surface area contributed by atoms with E-state index in [1.54, 1.807) is 6.07 Å². The Labute approximate surface area is 125 Å². The van der Waals surface area contributed by atoms with E-state index in [4.69, 9.17) is 40.5 Å². The standard InChI is InChI=1S/C13H12Cl3NS/c1-6-3-8(10(14)4-7(6)2)12(17)9-5-11(15)18-13(9)16/h3-5,12H,17H2,1-2H3. The number of halogens is 3. The Morgan fingerprint density at radius 3 is 2.17 bits per heavy atom. The number of aryl methyl sites for hydroxylation is 2. The highest BCUT2D eigenvalue weighted by atomic mass is 35.5. The summed E-state index contributed by atoms with van der Waals surface area (Å²) in [5, 5.41) is 0.656. The van der Waals surface area contributed by atoms with Crippen molar-refractivity contribution >= 4 is 46.1 Å². The molecule has 2 aromatic rings. The molecule has 0 radical (unpaired) electrons. The molecule has 2 N–H and O–H groups in total. The van der Waals surface area contributed by atoms with Gasteiger partial charge in [-0.3, -0.25) is 0 Å². The normalized spacial score (nSPS) is 12.8. The molecule has 0 aliphatic carbocycles. The van der Waals surface area contributed by atoms with Gasteiger partial charge >= 0.3 is 0 Å². The SMILES string of the molecule is Cc1cc(Cl)c(C(N)c2cc(Cl)sc2Cl)cc1C. The van der Waals surface area contributed by atoms with E-state index in [2.05, 4.69) is 0 Å². The molecule has 1 heterocycles. The molecule has 2 rings (SSSR count). The van der Waals surface area contributed by atoms with Crippen LogP contribution in [0.15, 0.2) is 18.2 Å². The van der Waals surface area contributed by atoms with Gasteiger partial charge in [-0.1, -0.05) is 40.9 Å². The first-order valence-corrected chi connectivity index (χ1v) is 7.32. The number of nitrogens with two attached hydrogens (primary N) is 1. The Balaban J connectivity index is 2.49. The van der Waals surface area contributed by atoms with Crippen molar-refractivity contribution in [2.24, 2.45) is 5.73 Å². The Morgan fingerprint density at radius 1 is 1.00 bits per heavy atom. The summed E-state index contributed by atoms with van der Waals surface area (Å²) >= 11 is 19.6. The minimum atomic E-state index is -0.354. The van der Waals surface area contributed by atoms with E-state index in [1.165, 1.54) is 11.3 Å². The molecular formula is C13H12Cl3NS. The number of rotatable bonds is 2. The highest BCUT2D eigenvalue weighted by Crippen LogP contribution is 2.38. The van der Waals surface area contributed by atoms with Gasteiger partial charge < -0.3 is 5.73 Å². The minimum Gasteiger partial charge on any atom is -0.320 e. The van der Waals surface area contributed by atoms with Gasteiger partial charge in [0.15, 0.2) is 0 Å². The zero-order valence-electron chi connectivity index (χ0n) is 9.93. The van der Waals surface area contributed by atoms with Gasteiger partial charge in [-0.25, -0.2) is 0 Å². The van der Waals surface area contributed by atoms with Crippen molar-refractivity contribution in [2.75, 3.05) is 0 Å². The molecule has 0 bridgehead atoms. The lowest BCUT2D eigenvalue weighted by Gasteiger charge is -2.15. The van der Waals surface area contributed by atoms with Gasteiger partial charge in [0.2, 0.25) is 0 Å². The fourth-order valence-corrected chi connectivity index (χ4v) is 3.66. The van der Waals surface area contributed by atoms with Crippen molar-refractivity contribution in [3.63, 3.8) is 0 Å². The summed E-state index contributed by atoms with van der Waals surface area (Å²) < 4.78 is 1.24. The van der Waals surface area contributed by atoms with E-state index in [1.807, 2.05) is 26.0 Å². The first-order chi connectivity index (χ1) is 8.40. The van der Waals surface area contributed by atoms with E-state index >= 15 is 0 Å². The molecular weight excluding hydrogens is 309 g/mol. The van der Waals surface area contributed by atoms with E-state index in [0.717, 1.165) is 22.3 Å². The summed E-state index contributed by atoms with van der Waals surface area (Å²) in [6.45, 7) is 4.05. The molecule has 0 amide bonds. The number of thiophene rings is 1. The van der Waals surface area contributed by atoms with Crippen LogP contribution in [-0.4, -0.2) is 0 Å². The quantitative estimate of drug-likeness (QED) is 0.790. The summed E-state index contributed by atoms with van der Waals surface area (Å²) in [7, 11) is 0. The van der Waals surface area contributed by atoms with E-state index in [-0.39, 0.29) is 6.04 Å². The second-order valence-electron chi connectivity index (χ2n) is 4.22. The maximum atomic E-state index is 6.25. The second kappa shape index (κ2) is 5.40. The summed E-state index contributed by atoms with van der Waals surface area (Å²) in [6, 6.07) is 5.37. The predicted molar refractivity (Wildman–Crippen MR) is 81.3 cm³/mol. The first-order valence-electron chi connectivity index (χ1n) is 5.37. The van der Waals surface area contributed by atoms with Crippen LogP contribution in [0, 0.1) is 13.8 Å². The lowest BCUT2D eigenvalue weighted by Crippen LogP contribution is -2.12. The average molecular weight is 321 g/mol. The van der Waals surface area contributed by atoms with Crippen LogP contribution in [0.1, 0.15) is 28.3 Å². The van der Waals surface area contributed by atoms with Gasteiger partial charge in [-0.05, 0) is 42.7 Å². The van der Waals surface area contributed by atoms with E-state index < -0.39 is 0 Å². The average Bonchev–Trinajstić information content (AvgIpc) is 2.62. The Kier molecular flexibility index (Phi) is 4.25. The molecule has 1 aromatic carbocycles. The molecule has 0 fully saturated rings. The molecule has 0 aliphatic rings. The van der Waals surface area contributed by atoms with Crippen molar-refractivity contribution in [1.29, 1.82) is 0 Å². The smallest absolute Gasteiger partial charge is 0.0995 e. The molecule has 5 heteroatoms. The monoisotopic (exact) mass is 319 g/mol. The third-order valence-electron chi connectivity index (χ3n) is 2.97. The van der Waals surface area contributed by atoms with Crippen LogP contribution in [0.25, 0.3) is 0 Å². The van der Waals surface area contributed by atoms with Crippen LogP contribution < -0.4 is 5.73 Å². The number of hydrogen-bond acceptors (Lipinski definition) is 2. The Morgan fingerprint density at radius 2 is 1.61 bits per heavy atom. The van der Waals surface area contributed by atoms with E-state index in [0.29, 0.717) is 13.7 Å². The van der Waals surface area contributed by atoms with Crippen molar-refractivity contribution in [1.82, 2.24) is 0 Å². The molecule has 1 atom stereocenters. The third-order valence-corrected chi connectivity index (χ3v) is 4.81. The molecule has 1 unspecified atom stereocenters. The van der Waals surface area contributed by atoms with Gasteiger partial charge in [-0.15, -0.1) is 11.3 Å². The van der Waals surface area contributed by atoms with Crippen LogP contribution >= 0.6 is 46.1 Å². The fraction of sp³-hybridized carbons (Fsp3) is 0.231. The summed E-state index contributed by atoms with van der Waals surface area (Å²) in [4.78, 5) is 0. The number of benzene rings is 1. The highest BCUT2D eigenvalue weighted by molar-refractivity contribution is 7.20. The van der Waals surface area contributed by atoms with Crippen LogP contribution in [-0.2, 0) is 0 Å². The maximum absolute atomic E-state index is 6.25. The topological polar surface area (TPSA) is 26.0 Å². The largest absolute Gasteiger partial charge is 0.320 e. The summed E-state index contributed by atoms with van der Waals surface area (Å²) in [5.74, 6) is 0. The molecule has 96 valence electrons. The fourth-order valence-electron chi connectivity index (χ4n) is 1.77. The highest BCUT2D eigenvalue weighted by Gasteiger charge is 2.18. The summed E-state index contributed by atoms with van der Waals surface area (Å²) in [5.41, 5.74) is 10.2. The van der Waals surface area contributed by atoms with Gasteiger partial charge in [0.1, 0.15) is 0 Å². The van der Waals surface area contributed by atoms with Gasteiger partial charge in [0, 0.05) is 10.6 Å². The molecule has 1 aromatic heterocycles. The molecule has 0 spiro atoms. The second-order valence-corrected chi connectivity index (χ2v) is 6.91. The van der Waals surface area contributed by atoms with Gasteiger partial charge in [0.25, 0.3) is 0 Å². The van der Waals surface area contributed by atoms with Gasteiger partial charge in [-0.2, -0.15) is 0 Å². The van der Waals surface area contributed by atoms with Crippen molar-refractivity contribution < 1.29 is 0 Å². The van der Waals surface area contributed by atoms with Crippen molar-refractivity contribution in [3.05, 3.63) is 54.1 Å². The molecule has 18 heavy (non-hydrogen) atoms. The van der Waals surface area contributed by atoms with Crippen molar-refractivity contribution in [2.45, 2.75) is 19.9 Å². The van der Waals surface area contributed by atoms with Gasteiger partial charge in [0.05, 0.1) is 14.7 Å². The molecule has 0 saturated heterocycles. The minimum absolute atomic E-state index is 0.354. The van der Waals surface area contributed by atoms with Crippen LogP contribution in [0.3, 0.4) is 0 Å². The Hall–Kier alpha value is -0.250. The molecule has 0 saturated carbocycles. The summed E-state index contributed by atoms with van der Waals surface area (Å²) in [6.07, 6.45) is 0. The zero-order valence-corrected chi connectivity index (χ0v) is 13.0. The van der Waals surface area contributed by atoms with E-state index in [9.17, 15) is 0 Å². The lowest BCUT2D eigenvalue weighted by molar-refractivity contribution is 0.874. The first kappa shape index (κ1) is 14.2. The number of hydrogen-bond donors (Lipinski definition) is 1. The van der Waals surface area contributed by atoms with Crippen LogP contribution in [0.2, 0.25) is 13.7 Å². The lowest BCUT2D eigenvalue weighted by atomic mass is 9.98.